The first-order valence-corrected chi connectivity index (χ1v) is 14.6. The topological polar surface area (TPSA) is 30.0 Å². The molecule has 2 heterocycles. The zero-order valence-electron chi connectivity index (χ0n) is 24.0. The first-order valence-electron chi connectivity index (χ1n) is 14.2. The van der Waals surface area contributed by atoms with Crippen LogP contribution in [0, 0.1) is 17.6 Å². The molecule has 39 heavy (non-hydrogen) atoms. The lowest BCUT2D eigenvalue weighted by Gasteiger charge is -2.42. The Morgan fingerprint density at radius 1 is 1.03 bits per heavy atom. The molecule has 2 aliphatic heterocycles. The van der Waals surface area contributed by atoms with Crippen LogP contribution in [0.15, 0.2) is 42.5 Å². The molecule has 0 spiro atoms. The van der Waals surface area contributed by atoms with Crippen LogP contribution in [0.3, 0.4) is 0 Å². The van der Waals surface area contributed by atoms with E-state index >= 15 is 0 Å². The first-order chi connectivity index (χ1) is 18.5. The molecule has 0 aromatic heterocycles. The van der Waals surface area contributed by atoms with Gasteiger partial charge in [-0.3, -0.25) is 14.6 Å². The summed E-state index contributed by atoms with van der Waals surface area (Å²) in [7, 11) is 0. The van der Waals surface area contributed by atoms with Crippen molar-refractivity contribution in [3.63, 3.8) is 0 Å². The number of benzene rings is 2. The summed E-state index contributed by atoms with van der Waals surface area (Å²) in [5.41, 5.74) is 1.39. The highest BCUT2D eigenvalue weighted by Crippen LogP contribution is 2.39. The molecule has 2 fully saturated rings. The molecule has 0 N–H and O–H groups in total. The molecule has 2 aliphatic rings. The van der Waals surface area contributed by atoms with Gasteiger partial charge >= 0.3 is 0 Å². The van der Waals surface area contributed by atoms with Gasteiger partial charge in [0.25, 0.3) is 0 Å². The molecule has 214 valence electrons. The van der Waals surface area contributed by atoms with Crippen molar-refractivity contribution in [1.82, 2.24) is 19.6 Å². The van der Waals surface area contributed by atoms with Crippen LogP contribution in [0.5, 0.6) is 0 Å². The van der Waals surface area contributed by atoms with E-state index < -0.39 is 11.6 Å². The molecule has 1 amide bonds. The Labute approximate surface area is 237 Å². The number of rotatable bonds is 8. The SMILES string of the molecule is CCN(CC)CC(c1ccccc1Cl)N1CCN(C(=O)[C@@H]2CN(C(C)(C)C)C[C@H]2c2ccc(F)cc2F)CC1. The second-order valence-corrected chi connectivity index (χ2v) is 12.2. The molecule has 2 aromatic carbocycles. The quantitative estimate of drug-likeness (QED) is 0.417. The third-order valence-electron chi connectivity index (χ3n) is 8.60. The number of nitrogens with zero attached hydrogens (tertiary/aromatic N) is 4. The van der Waals surface area contributed by atoms with Crippen LogP contribution in [0.1, 0.15) is 57.7 Å². The predicted octanol–water partition coefficient (Wildman–Crippen LogP) is 5.66. The normalized spacial score (nSPS) is 22.0. The van der Waals surface area contributed by atoms with Crippen LogP contribution in [-0.4, -0.2) is 89.9 Å². The molecule has 4 rings (SSSR count). The minimum atomic E-state index is -0.598. The predicted molar refractivity (Wildman–Crippen MR) is 154 cm³/mol. The van der Waals surface area contributed by atoms with Gasteiger partial charge in [0.05, 0.1) is 5.92 Å². The van der Waals surface area contributed by atoms with Gasteiger partial charge in [0.1, 0.15) is 11.6 Å². The fourth-order valence-corrected chi connectivity index (χ4v) is 6.35. The van der Waals surface area contributed by atoms with Crippen LogP contribution in [0.2, 0.25) is 5.02 Å². The van der Waals surface area contributed by atoms with Gasteiger partial charge in [-0.05, 0) is 57.1 Å². The minimum Gasteiger partial charge on any atom is -0.340 e. The first kappa shape index (κ1) is 29.9. The molecule has 2 aromatic rings. The van der Waals surface area contributed by atoms with Gasteiger partial charge in [-0.25, -0.2) is 8.78 Å². The van der Waals surface area contributed by atoms with E-state index in [1.165, 1.54) is 12.1 Å². The second-order valence-electron chi connectivity index (χ2n) is 11.8. The number of carbonyl (C=O) groups is 1. The fourth-order valence-electron chi connectivity index (χ4n) is 6.09. The van der Waals surface area contributed by atoms with E-state index in [2.05, 4.69) is 55.4 Å². The largest absolute Gasteiger partial charge is 0.340 e. The maximum atomic E-state index is 14.9. The number of likely N-dealkylation sites (N-methyl/N-ethyl adjacent to an activating group) is 1. The van der Waals surface area contributed by atoms with E-state index in [-0.39, 0.29) is 29.3 Å². The van der Waals surface area contributed by atoms with Crippen molar-refractivity contribution in [2.45, 2.75) is 52.1 Å². The lowest BCUT2D eigenvalue weighted by atomic mass is 9.87. The smallest absolute Gasteiger partial charge is 0.227 e. The standard InChI is InChI=1S/C31H43ClF2N4O/c1-6-35(7-2)21-29(24-10-8-9-11-27(24)32)36-14-16-37(17-15-36)30(39)26-20-38(31(3,4)5)19-25(26)23-13-12-22(33)18-28(23)34/h8-13,18,25-26,29H,6-7,14-17,19-21H2,1-5H3/t25-,26+,29?/m0/s1. The molecular formula is C31H43ClF2N4O. The Balaban J connectivity index is 1.51. The van der Waals surface area contributed by atoms with Crippen molar-refractivity contribution in [3.8, 4) is 0 Å². The van der Waals surface area contributed by atoms with Crippen LogP contribution in [0.25, 0.3) is 0 Å². The lowest BCUT2D eigenvalue weighted by Crippen LogP contribution is -2.53. The van der Waals surface area contributed by atoms with Gasteiger partial charge in [-0.1, -0.05) is 49.7 Å². The summed E-state index contributed by atoms with van der Waals surface area (Å²) in [6, 6.07) is 11.9. The van der Waals surface area contributed by atoms with E-state index in [0.29, 0.717) is 31.7 Å². The zero-order chi connectivity index (χ0) is 28.3. The molecule has 2 saturated heterocycles. The van der Waals surface area contributed by atoms with E-state index in [1.807, 2.05) is 23.1 Å². The molecule has 8 heteroatoms. The maximum Gasteiger partial charge on any atom is 0.227 e. The van der Waals surface area contributed by atoms with Gasteiger partial charge in [-0.2, -0.15) is 0 Å². The van der Waals surface area contributed by atoms with Gasteiger partial charge in [-0.15, -0.1) is 0 Å². The molecule has 0 bridgehead atoms. The maximum absolute atomic E-state index is 14.9. The molecule has 3 atom stereocenters. The fraction of sp³-hybridized carbons (Fsp3) is 0.581. The monoisotopic (exact) mass is 560 g/mol. The number of hydrogen-bond acceptors (Lipinski definition) is 4. The third-order valence-corrected chi connectivity index (χ3v) is 8.95. The second kappa shape index (κ2) is 12.6. The zero-order valence-corrected chi connectivity index (χ0v) is 24.7. The van der Waals surface area contributed by atoms with E-state index in [9.17, 15) is 13.6 Å². The summed E-state index contributed by atoms with van der Waals surface area (Å²) in [5, 5.41) is 0.769. The van der Waals surface area contributed by atoms with Crippen molar-refractivity contribution in [2.75, 3.05) is 58.9 Å². The Bertz CT molecular complexity index is 1130. The van der Waals surface area contributed by atoms with E-state index in [0.717, 1.165) is 49.4 Å². The van der Waals surface area contributed by atoms with Crippen molar-refractivity contribution < 1.29 is 13.6 Å². The van der Waals surface area contributed by atoms with Crippen LogP contribution >= 0.6 is 11.6 Å². The van der Waals surface area contributed by atoms with Crippen molar-refractivity contribution in [1.29, 1.82) is 0 Å². The highest BCUT2D eigenvalue weighted by atomic mass is 35.5. The summed E-state index contributed by atoms with van der Waals surface area (Å²) in [4.78, 5) is 23.0. The van der Waals surface area contributed by atoms with Crippen LogP contribution < -0.4 is 0 Å². The lowest BCUT2D eigenvalue weighted by molar-refractivity contribution is -0.137. The number of amides is 1. The van der Waals surface area contributed by atoms with E-state index in [1.54, 1.807) is 0 Å². The number of likely N-dealkylation sites (tertiary alicyclic amines) is 1. The highest BCUT2D eigenvalue weighted by molar-refractivity contribution is 6.31. The summed E-state index contributed by atoms with van der Waals surface area (Å²) in [5.74, 6) is -1.79. The summed E-state index contributed by atoms with van der Waals surface area (Å²) >= 11 is 6.65. The summed E-state index contributed by atoms with van der Waals surface area (Å²) in [6.45, 7) is 17.3. The molecular weight excluding hydrogens is 518 g/mol. The number of hydrogen-bond donors (Lipinski definition) is 0. The Morgan fingerprint density at radius 3 is 2.28 bits per heavy atom. The average molecular weight is 561 g/mol. The number of carbonyl (C=O) groups excluding carboxylic acids is 1. The summed E-state index contributed by atoms with van der Waals surface area (Å²) < 4.78 is 28.6. The number of halogens is 3. The molecule has 0 saturated carbocycles. The van der Waals surface area contributed by atoms with Crippen LogP contribution in [-0.2, 0) is 4.79 Å². The van der Waals surface area contributed by atoms with Crippen molar-refractivity contribution >= 4 is 17.5 Å². The molecule has 0 aliphatic carbocycles. The number of piperazine rings is 1. The Kier molecular flexibility index (Phi) is 9.69. The average Bonchev–Trinajstić information content (AvgIpc) is 3.36. The van der Waals surface area contributed by atoms with Gasteiger partial charge in [0.2, 0.25) is 5.91 Å². The molecule has 1 unspecified atom stereocenters. The minimum absolute atomic E-state index is 0.0631. The van der Waals surface area contributed by atoms with Gasteiger partial charge in [0.15, 0.2) is 0 Å². The van der Waals surface area contributed by atoms with Gasteiger partial charge in [0, 0.05) is 74.4 Å². The summed E-state index contributed by atoms with van der Waals surface area (Å²) in [6.07, 6.45) is 0. The Hall–Kier alpha value is -2.06. The van der Waals surface area contributed by atoms with Crippen molar-refractivity contribution in [3.05, 3.63) is 70.2 Å². The van der Waals surface area contributed by atoms with Gasteiger partial charge < -0.3 is 9.80 Å². The molecule has 5 nitrogen and oxygen atoms in total. The van der Waals surface area contributed by atoms with Crippen LogP contribution in [0.4, 0.5) is 8.78 Å². The van der Waals surface area contributed by atoms with E-state index in [4.69, 9.17) is 11.6 Å². The highest BCUT2D eigenvalue weighted by Gasteiger charge is 2.45. The van der Waals surface area contributed by atoms with Crippen molar-refractivity contribution in [2.24, 2.45) is 5.92 Å². The molecule has 0 radical (unpaired) electrons. The third kappa shape index (κ3) is 6.82. The Morgan fingerprint density at radius 2 is 1.69 bits per heavy atom.